The van der Waals surface area contributed by atoms with Crippen molar-refractivity contribution in [2.75, 3.05) is 5.73 Å². The van der Waals surface area contributed by atoms with Crippen LogP contribution in [0.3, 0.4) is 0 Å². The molecule has 0 bridgehead atoms. The van der Waals surface area contributed by atoms with Crippen molar-refractivity contribution >= 4 is 22.9 Å². The Kier molecular flexibility index (Phi) is 3.41. The van der Waals surface area contributed by atoms with Crippen molar-refractivity contribution in [2.45, 2.75) is 24.8 Å². The molecule has 6 heteroatoms. The highest BCUT2D eigenvalue weighted by molar-refractivity contribution is 7.08. The molecule has 1 aromatic heterocycles. The Balaban J connectivity index is 1.88. The Morgan fingerprint density at radius 2 is 2.10 bits per heavy atom. The molecule has 1 aliphatic carbocycles. The molecule has 1 amide bonds. The third-order valence-electron chi connectivity index (χ3n) is 3.44. The summed E-state index contributed by atoms with van der Waals surface area (Å²) in [5, 5.41) is 6.11. The van der Waals surface area contributed by atoms with Crippen molar-refractivity contribution in [1.29, 1.82) is 0 Å². The van der Waals surface area contributed by atoms with Gasteiger partial charge in [-0.2, -0.15) is 20.1 Å². The molecule has 1 fully saturated rings. The van der Waals surface area contributed by atoms with Gasteiger partial charge in [-0.15, -0.1) is 0 Å². The summed E-state index contributed by atoms with van der Waals surface area (Å²) in [7, 11) is 0. The van der Waals surface area contributed by atoms with E-state index >= 15 is 0 Å². The van der Waals surface area contributed by atoms with E-state index in [-0.39, 0.29) is 17.3 Å². The third-order valence-corrected chi connectivity index (χ3v) is 4.13. The molecule has 0 unspecified atom stereocenters. The molecule has 110 valence electrons. The second-order valence-electron chi connectivity index (χ2n) is 5.14. The van der Waals surface area contributed by atoms with Gasteiger partial charge in [0.1, 0.15) is 0 Å². The van der Waals surface area contributed by atoms with Gasteiger partial charge in [-0.05, 0) is 41.3 Å². The Morgan fingerprint density at radius 3 is 2.67 bits per heavy atom. The van der Waals surface area contributed by atoms with Crippen molar-refractivity contribution in [3.05, 3.63) is 40.6 Å². The Labute approximate surface area is 124 Å². The molecule has 0 radical (unpaired) electrons. The number of thiophene rings is 1. The number of nitrogen functional groups attached to an aromatic ring is 1. The quantitative estimate of drug-likeness (QED) is 0.851. The van der Waals surface area contributed by atoms with Crippen molar-refractivity contribution < 1.29 is 13.6 Å². The maximum Gasteiger partial charge on any atom is 0.349 e. The highest BCUT2D eigenvalue weighted by Gasteiger charge is 2.43. The highest BCUT2D eigenvalue weighted by Crippen LogP contribution is 2.35. The van der Waals surface area contributed by atoms with E-state index in [1.54, 1.807) is 0 Å². The molecule has 0 saturated heterocycles. The minimum atomic E-state index is -3.57. The fraction of sp³-hybridized carbons (Fsp3) is 0.267. The molecule has 1 aromatic carbocycles. The van der Waals surface area contributed by atoms with E-state index in [4.69, 9.17) is 5.73 Å². The van der Waals surface area contributed by atoms with Gasteiger partial charge in [0, 0.05) is 22.9 Å². The fourth-order valence-electron chi connectivity index (χ4n) is 2.07. The van der Waals surface area contributed by atoms with E-state index in [1.807, 2.05) is 16.8 Å². The number of halogens is 2. The van der Waals surface area contributed by atoms with E-state index in [9.17, 15) is 13.6 Å². The minimum absolute atomic E-state index is 0.106. The Morgan fingerprint density at radius 1 is 1.33 bits per heavy atom. The van der Waals surface area contributed by atoms with Gasteiger partial charge in [-0.1, -0.05) is 12.1 Å². The third kappa shape index (κ3) is 2.76. The van der Waals surface area contributed by atoms with Crippen LogP contribution in [0.5, 0.6) is 0 Å². The summed E-state index contributed by atoms with van der Waals surface area (Å²) in [6.07, 6.45) is 1.53. The number of alkyl halides is 2. The number of amides is 1. The molecule has 3 nitrogen and oxygen atoms in total. The summed E-state index contributed by atoms with van der Waals surface area (Å²) in [5.41, 5.74) is 7.30. The smallest absolute Gasteiger partial charge is 0.349 e. The zero-order valence-corrected chi connectivity index (χ0v) is 11.9. The van der Waals surface area contributed by atoms with E-state index in [0.717, 1.165) is 18.4 Å². The van der Waals surface area contributed by atoms with Gasteiger partial charge in [0.2, 0.25) is 0 Å². The van der Waals surface area contributed by atoms with Crippen LogP contribution in [0.25, 0.3) is 11.1 Å². The van der Waals surface area contributed by atoms with Crippen LogP contribution in [-0.2, 0) is 10.7 Å². The molecule has 1 aliphatic rings. The van der Waals surface area contributed by atoms with Gasteiger partial charge in [0.15, 0.2) is 0 Å². The predicted molar refractivity (Wildman–Crippen MR) is 79.2 cm³/mol. The van der Waals surface area contributed by atoms with Gasteiger partial charge in [0.25, 0.3) is 5.91 Å². The maximum absolute atomic E-state index is 14.1. The van der Waals surface area contributed by atoms with Crippen LogP contribution in [0.15, 0.2) is 35.0 Å². The van der Waals surface area contributed by atoms with Crippen molar-refractivity contribution in [3.63, 3.8) is 0 Å². The molecule has 3 rings (SSSR count). The van der Waals surface area contributed by atoms with Crippen LogP contribution in [-0.4, -0.2) is 11.9 Å². The van der Waals surface area contributed by atoms with Crippen molar-refractivity contribution in [2.24, 2.45) is 0 Å². The summed E-state index contributed by atoms with van der Waals surface area (Å²) in [4.78, 5) is 11.6. The zero-order chi connectivity index (χ0) is 15.0. The lowest BCUT2D eigenvalue weighted by Crippen LogP contribution is -2.39. The minimum Gasteiger partial charge on any atom is -0.398 e. The number of nitrogens with two attached hydrogens (primary N) is 1. The first-order valence-corrected chi connectivity index (χ1v) is 7.54. The monoisotopic (exact) mass is 308 g/mol. The lowest BCUT2D eigenvalue weighted by molar-refractivity contribution is -0.147. The molecular weight excluding hydrogens is 294 g/mol. The van der Waals surface area contributed by atoms with Crippen LogP contribution >= 0.6 is 11.3 Å². The average molecular weight is 308 g/mol. The average Bonchev–Trinajstić information content (AvgIpc) is 3.09. The van der Waals surface area contributed by atoms with Crippen molar-refractivity contribution in [3.8, 4) is 11.1 Å². The van der Waals surface area contributed by atoms with Gasteiger partial charge in [-0.25, -0.2) is 0 Å². The van der Waals surface area contributed by atoms with Gasteiger partial charge in [-0.3, -0.25) is 4.79 Å². The molecule has 0 aliphatic heterocycles. The number of hydrogen-bond donors (Lipinski definition) is 2. The molecule has 2 aromatic rings. The number of carbonyl (C=O) groups is 1. The number of anilines is 1. The van der Waals surface area contributed by atoms with E-state index in [0.29, 0.717) is 5.56 Å². The Bertz CT molecular complexity index is 666. The second-order valence-corrected chi connectivity index (χ2v) is 5.92. The van der Waals surface area contributed by atoms with Gasteiger partial charge in [0.05, 0.1) is 0 Å². The maximum atomic E-state index is 14.1. The van der Waals surface area contributed by atoms with Crippen LogP contribution in [0.1, 0.15) is 18.4 Å². The first-order valence-electron chi connectivity index (χ1n) is 6.60. The van der Waals surface area contributed by atoms with Crippen LogP contribution < -0.4 is 11.1 Å². The SMILES string of the molecule is Nc1cc(C(F)(F)C(=O)NC2CC2)ccc1-c1ccsc1. The molecule has 21 heavy (non-hydrogen) atoms. The van der Waals surface area contributed by atoms with E-state index < -0.39 is 11.8 Å². The number of nitrogens with one attached hydrogen (secondary N) is 1. The Hall–Kier alpha value is -1.95. The number of hydrogen-bond acceptors (Lipinski definition) is 3. The summed E-state index contributed by atoms with van der Waals surface area (Å²) in [6, 6.07) is 5.74. The normalized spacial score (nSPS) is 15.0. The van der Waals surface area contributed by atoms with Crippen LogP contribution in [0.2, 0.25) is 0 Å². The van der Waals surface area contributed by atoms with Crippen LogP contribution in [0.4, 0.5) is 14.5 Å². The van der Waals surface area contributed by atoms with Crippen molar-refractivity contribution in [1.82, 2.24) is 5.32 Å². The molecule has 0 atom stereocenters. The first kappa shape index (κ1) is 14.0. The van der Waals surface area contributed by atoms with Gasteiger partial charge < -0.3 is 11.1 Å². The standard InChI is InChI=1S/C15H14F2N2OS/c16-15(17,14(20)19-11-2-3-11)10-1-4-12(13(18)7-10)9-5-6-21-8-9/h1,4-8,11H,2-3,18H2,(H,19,20). The lowest BCUT2D eigenvalue weighted by atomic mass is 10.0. The summed E-state index contributed by atoms with van der Waals surface area (Å²) in [5.74, 6) is -4.82. The highest BCUT2D eigenvalue weighted by atomic mass is 32.1. The van der Waals surface area contributed by atoms with E-state index in [2.05, 4.69) is 5.32 Å². The summed E-state index contributed by atoms with van der Waals surface area (Å²) >= 11 is 1.50. The lowest BCUT2D eigenvalue weighted by Gasteiger charge is -2.17. The number of benzene rings is 1. The molecule has 1 heterocycles. The largest absolute Gasteiger partial charge is 0.398 e. The van der Waals surface area contributed by atoms with Crippen LogP contribution in [0, 0.1) is 0 Å². The van der Waals surface area contributed by atoms with Gasteiger partial charge >= 0.3 is 5.92 Å². The summed E-state index contributed by atoms with van der Waals surface area (Å²) in [6.45, 7) is 0. The first-order chi connectivity index (χ1) is 9.98. The molecular formula is C15H14F2N2OS. The molecule has 0 spiro atoms. The topological polar surface area (TPSA) is 55.1 Å². The second kappa shape index (κ2) is 5.11. The molecule has 1 saturated carbocycles. The summed E-state index contributed by atoms with van der Waals surface area (Å²) < 4.78 is 28.3. The molecule has 3 N–H and O–H groups in total. The zero-order valence-electron chi connectivity index (χ0n) is 11.1. The van der Waals surface area contributed by atoms with E-state index in [1.165, 1.54) is 29.5 Å². The number of carbonyl (C=O) groups excluding carboxylic acids is 1. The fourth-order valence-corrected chi connectivity index (χ4v) is 2.73. The number of rotatable bonds is 4. The predicted octanol–water partition coefficient (Wildman–Crippen LogP) is 3.37.